The predicted octanol–water partition coefficient (Wildman–Crippen LogP) is 5.85. The Morgan fingerprint density at radius 2 is 1.84 bits per heavy atom. The van der Waals surface area contributed by atoms with Crippen molar-refractivity contribution in [3.63, 3.8) is 0 Å². The zero-order chi connectivity index (χ0) is 14.3. The number of rotatable bonds is 7. The minimum absolute atomic E-state index is 0.537. The summed E-state index contributed by atoms with van der Waals surface area (Å²) in [6.07, 6.45) is 2.18. The standard InChI is InChI=1S/C16H23F3/c1-3-13(2)8-5-4-6-9-14-10-7-11-15(12-14)16(17,18)19/h7,10-13H,3-6,8-9H2,1-2H3. The Bertz CT molecular complexity index is 369. The van der Waals surface area contributed by atoms with Crippen molar-refractivity contribution in [2.75, 3.05) is 0 Å². The second-order valence-electron chi connectivity index (χ2n) is 5.31. The smallest absolute Gasteiger partial charge is 0.166 e. The normalized spacial score (nSPS) is 13.5. The Hall–Kier alpha value is -0.990. The number of alkyl halides is 3. The minimum atomic E-state index is -4.23. The average molecular weight is 272 g/mol. The van der Waals surface area contributed by atoms with Gasteiger partial charge in [-0.05, 0) is 30.4 Å². The number of unbranched alkanes of at least 4 members (excludes halogenated alkanes) is 2. The molecular formula is C16H23F3. The Morgan fingerprint density at radius 3 is 2.47 bits per heavy atom. The molecular weight excluding hydrogens is 249 g/mol. The maximum atomic E-state index is 12.5. The summed E-state index contributed by atoms with van der Waals surface area (Å²) >= 11 is 0. The van der Waals surface area contributed by atoms with Gasteiger partial charge >= 0.3 is 6.18 Å². The molecule has 0 radical (unpaired) electrons. The van der Waals surface area contributed by atoms with Gasteiger partial charge in [-0.25, -0.2) is 0 Å². The molecule has 1 aromatic carbocycles. The van der Waals surface area contributed by atoms with Crippen LogP contribution in [-0.2, 0) is 12.6 Å². The second kappa shape index (κ2) is 7.56. The summed E-state index contributed by atoms with van der Waals surface area (Å²) in [6.45, 7) is 4.43. The van der Waals surface area contributed by atoms with Gasteiger partial charge in [0.05, 0.1) is 5.56 Å². The molecule has 0 N–H and O–H groups in total. The second-order valence-corrected chi connectivity index (χ2v) is 5.31. The van der Waals surface area contributed by atoms with Crippen molar-refractivity contribution in [2.45, 2.75) is 58.5 Å². The van der Waals surface area contributed by atoms with E-state index in [0.29, 0.717) is 0 Å². The fraction of sp³-hybridized carbons (Fsp3) is 0.625. The molecule has 0 saturated carbocycles. The van der Waals surface area contributed by atoms with Crippen LogP contribution < -0.4 is 0 Å². The van der Waals surface area contributed by atoms with E-state index >= 15 is 0 Å². The van der Waals surface area contributed by atoms with E-state index in [2.05, 4.69) is 13.8 Å². The highest BCUT2D eigenvalue weighted by molar-refractivity contribution is 5.25. The van der Waals surface area contributed by atoms with Crippen molar-refractivity contribution in [3.05, 3.63) is 35.4 Å². The third-order valence-corrected chi connectivity index (χ3v) is 3.61. The number of hydrogen-bond acceptors (Lipinski definition) is 0. The molecule has 19 heavy (non-hydrogen) atoms. The molecule has 1 aromatic rings. The van der Waals surface area contributed by atoms with Gasteiger partial charge in [-0.2, -0.15) is 13.2 Å². The summed E-state index contributed by atoms with van der Waals surface area (Å²) in [5, 5.41) is 0. The zero-order valence-electron chi connectivity index (χ0n) is 11.8. The lowest BCUT2D eigenvalue weighted by atomic mass is 9.99. The van der Waals surface area contributed by atoms with Crippen LogP contribution in [0.25, 0.3) is 0 Å². The van der Waals surface area contributed by atoms with Crippen molar-refractivity contribution >= 4 is 0 Å². The monoisotopic (exact) mass is 272 g/mol. The van der Waals surface area contributed by atoms with Crippen molar-refractivity contribution in [1.29, 1.82) is 0 Å². The molecule has 0 aromatic heterocycles. The molecule has 108 valence electrons. The van der Waals surface area contributed by atoms with Crippen LogP contribution in [0.15, 0.2) is 24.3 Å². The summed E-state index contributed by atoms with van der Waals surface area (Å²) in [5.74, 6) is 0.758. The maximum Gasteiger partial charge on any atom is 0.416 e. The highest BCUT2D eigenvalue weighted by atomic mass is 19.4. The van der Waals surface area contributed by atoms with Gasteiger partial charge in [0.15, 0.2) is 0 Å². The molecule has 0 fully saturated rings. The number of benzene rings is 1. The first-order valence-electron chi connectivity index (χ1n) is 7.09. The summed E-state index contributed by atoms with van der Waals surface area (Å²) in [5.41, 5.74) is 0.253. The summed E-state index contributed by atoms with van der Waals surface area (Å²) in [7, 11) is 0. The van der Waals surface area contributed by atoms with E-state index in [-0.39, 0.29) is 0 Å². The van der Waals surface area contributed by atoms with Crippen LogP contribution in [0.5, 0.6) is 0 Å². The van der Waals surface area contributed by atoms with Gasteiger partial charge in [-0.3, -0.25) is 0 Å². The van der Waals surface area contributed by atoms with Gasteiger partial charge in [0.1, 0.15) is 0 Å². The third kappa shape index (κ3) is 6.13. The molecule has 0 aliphatic carbocycles. The Balaban J connectivity index is 2.34. The van der Waals surface area contributed by atoms with Gasteiger partial charge < -0.3 is 0 Å². The first-order valence-corrected chi connectivity index (χ1v) is 7.09. The van der Waals surface area contributed by atoms with E-state index < -0.39 is 11.7 Å². The first-order chi connectivity index (χ1) is 8.93. The van der Waals surface area contributed by atoms with Crippen LogP contribution in [0.3, 0.4) is 0 Å². The van der Waals surface area contributed by atoms with Gasteiger partial charge in [0.25, 0.3) is 0 Å². The average Bonchev–Trinajstić information content (AvgIpc) is 2.37. The van der Waals surface area contributed by atoms with Crippen LogP contribution in [-0.4, -0.2) is 0 Å². The molecule has 0 nitrogen and oxygen atoms in total. The molecule has 0 amide bonds. The molecule has 0 aliphatic rings. The molecule has 1 rings (SSSR count). The first kappa shape index (κ1) is 16.1. The Labute approximate surface area is 114 Å². The Morgan fingerprint density at radius 1 is 1.11 bits per heavy atom. The summed E-state index contributed by atoms with van der Waals surface area (Å²) < 4.78 is 37.6. The van der Waals surface area contributed by atoms with Crippen LogP contribution in [0.1, 0.15) is 57.1 Å². The van der Waals surface area contributed by atoms with Crippen molar-refractivity contribution in [3.8, 4) is 0 Å². The fourth-order valence-electron chi connectivity index (χ4n) is 2.11. The van der Waals surface area contributed by atoms with Crippen LogP contribution in [0.4, 0.5) is 13.2 Å². The molecule has 0 spiro atoms. The van der Waals surface area contributed by atoms with E-state index in [9.17, 15) is 13.2 Å². The lowest BCUT2D eigenvalue weighted by molar-refractivity contribution is -0.137. The van der Waals surface area contributed by atoms with E-state index in [1.165, 1.54) is 31.4 Å². The van der Waals surface area contributed by atoms with Crippen molar-refractivity contribution < 1.29 is 13.2 Å². The number of halogens is 3. The zero-order valence-corrected chi connectivity index (χ0v) is 11.8. The van der Waals surface area contributed by atoms with E-state index in [0.717, 1.165) is 36.8 Å². The topological polar surface area (TPSA) is 0 Å². The number of aryl methyl sites for hydroxylation is 1. The van der Waals surface area contributed by atoms with Crippen LogP contribution in [0, 0.1) is 5.92 Å². The third-order valence-electron chi connectivity index (χ3n) is 3.61. The van der Waals surface area contributed by atoms with Crippen LogP contribution in [0.2, 0.25) is 0 Å². The van der Waals surface area contributed by atoms with E-state index in [1.54, 1.807) is 6.07 Å². The molecule has 0 bridgehead atoms. The van der Waals surface area contributed by atoms with Crippen molar-refractivity contribution in [1.82, 2.24) is 0 Å². The number of hydrogen-bond donors (Lipinski definition) is 0. The van der Waals surface area contributed by atoms with Crippen LogP contribution >= 0.6 is 0 Å². The molecule has 1 atom stereocenters. The minimum Gasteiger partial charge on any atom is -0.166 e. The highest BCUT2D eigenvalue weighted by Crippen LogP contribution is 2.29. The lowest BCUT2D eigenvalue weighted by Gasteiger charge is -2.09. The van der Waals surface area contributed by atoms with Gasteiger partial charge in [-0.15, -0.1) is 0 Å². The largest absolute Gasteiger partial charge is 0.416 e. The quantitative estimate of drug-likeness (QED) is 0.546. The van der Waals surface area contributed by atoms with Gasteiger partial charge in [0.2, 0.25) is 0 Å². The van der Waals surface area contributed by atoms with E-state index in [1.807, 2.05) is 0 Å². The van der Waals surface area contributed by atoms with E-state index in [4.69, 9.17) is 0 Å². The molecule has 3 heteroatoms. The predicted molar refractivity (Wildman–Crippen MR) is 73.1 cm³/mol. The summed E-state index contributed by atoms with van der Waals surface area (Å²) in [4.78, 5) is 0. The fourth-order valence-corrected chi connectivity index (χ4v) is 2.11. The van der Waals surface area contributed by atoms with Crippen molar-refractivity contribution in [2.24, 2.45) is 5.92 Å². The van der Waals surface area contributed by atoms with Gasteiger partial charge in [0, 0.05) is 0 Å². The van der Waals surface area contributed by atoms with Gasteiger partial charge in [-0.1, -0.05) is 57.7 Å². The molecule has 0 heterocycles. The lowest BCUT2D eigenvalue weighted by Crippen LogP contribution is -2.05. The highest BCUT2D eigenvalue weighted by Gasteiger charge is 2.30. The SMILES string of the molecule is CCC(C)CCCCCc1cccc(C(F)(F)F)c1. The molecule has 0 saturated heterocycles. The molecule has 1 unspecified atom stereocenters. The maximum absolute atomic E-state index is 12.5. The summed E-state index contributed by atoms with van der Waals surface area (Å²) in [6, 6.07) is 5.68. The Kier molecular flexibility index (Phi) is 6.40. The molecule has 0 aliphatic heterocycles.